The molecule has 6 heteroatoms. The van der Waals surface area contributed by atoms with Gasteiger partial charge in [-0.15, -0.1) is 0 Å². The van der Waals surface area contributed by atoms with Crippen LogP contribution in [0.1, 0.15) is 44.8 Å². The zero-order chi connectivity index (χ0) is 20.8. The zero-order valence-corrected chi connectivity index (χ0v) is 17.5. The first-order valence-corrected chi connectivity index (χ1v) is 9.90. The highest BCUT2D eigenvalue weighted by molar-refractivity contribution is 9.10. The lowest BCUT2D eigenvalue weighted by atomic mass is 10.1. The number of nitrogens with two attached hydrogens (primary N) is 1. The van der Waals surface area contributed by atoms with Gasteiger partial charge in [-0.3, -0.25) is 9.59 Å². The van der Waals surface area contributed by atoms with Crippen molar-refractivity contribution in [1.82, 2.24) is 5.32 Å². The van der Waals surface area contributed by atoms with Crippen molar-refractivity contribution in [2.45, 2.75) is 19.6 Å². The van der Waals surface area contributed by atoms with Crippen LogP contribution >= 0.6 is 15.9 Å². The van der Waals surface area contributed by atoms with E-state index in [-0.39, 0.29) is 18.6 Å². The van der Waals surface area contributed by atoms with Crippen molar-refractivity contribution in [2.24, 2.45) is 5.73 Å². The van der Waals surface area contributed by atoms with Crippen molar-refractivity contribution in [1.29, 1.82) is 0 Å². The van der Waals surface area contributed by atoms with Gasteiger partial charge in [0.2, 0.25) is 0 Å². The van der Waals surface area contributed by atoms with Gasteiger partial charge >= 0.3 is 0 Å². The molecule has 0 aliphatic rings. The van der Waals surface area contributed by atoms with E-state index in [0.29, 0.717) is 16.9 Å². The van der Waals surface area contributed by atoms with E-state index in [1.807, 2.05) is 37.3 Å². The molecule has 0 saturated heterocycles. The molecular formula is C23H21BrN2O3. The van der Waals surface area contributed by atoms with Gasteiger partial charge in [0, 0.05) is 10.0 Å². The van der Waals surface area contributed by atoms with E-state index in [4.69, 9.17) is 10.5 Å². The number of hydrogen-bond acceptors (Lipinski definition) is 3. The maximum absolute atomic E-state index is 12.7. The maximum Gasteiger partial charge on any atom is 0.252 e. The molecule has 1 unspecified atom stereocenters. The lowest BCUT2D eigenvalue weighted by Gasteiger charge is -2.15. The smallest absolute Gasteiger partial charge is 0.252 e. The lowest BCUT2D eigenvalue weighted by Crippen LogP contribution is -2.26. The summed E-state index contributed by atoms with van der Waals surface area (Å²) in [5, 5.41) is 3.00. The molecule has 3 rings (SSSR count). The Morgan fingerprint density at radius 2 is 1.79 bits per heavy atom. The molecule has 0 spiro atoms. The molecule has 5 nitrogen and oxygen atoms in total. The summed E-state index contributed by atoms with van der Waals surface area (Å²) in [6, 6.07) is 21.7. The summed E-state index contributed by atoms with van der Waals surface area (Å²) < 4.78 is 6.71. The first-order valence-electron chi connectivity index (χ1n) is 9.11. The van der Waals surface area contributed by atoms with E-state index in [1.165, 1.54) is 0 Å². The van der Waals surface area contributed by atoms with Gasteiger partial charge in [-0.05, 0) is 54.4 Å². The van der Waals surface area contributed by atoms with Crippen molar-refractivity contribution in [3.05, 3.63) is 99.5 Å². The number of primary amides is 1. The lowest BCUT2D eigenvalue weighted by molar-refractivity contribution is 0.0938. The third-order valence-electron chi connectivity index (χ3n) is 4.43. The number of carbonyl (C=O) groups is 2. The van der Waals surface area contributed by atoms with Crippen LogP contribution in [0.5, 0.6) is 5.75 Å². The Morgan fingerprint density at radius 3 is 2.55 bits per heavy atom. The molecule has 0 aliphatic carbocycles. The second-order valence-electron chi connectivity index (χ2n) is 6.60. The van der Waals surface area contributed by atoms with Gasteiger partial charge in [0.1, 0.15) is 12.4 Å². The highest BCUT2D eigenvalue weighted by Gasteiger charge is 2.13. The number of amides is 2. The van der Waals surface area contributed by atoms with Gasteiger partial charge in [0.25, 0.3) is 11.8 Å². The fourth-order valence-electron chi connectivity index (χ4n) is 2.90. The molecule has 3 aromatic carbocycles. The summed E-state index contributed by atoms with van der Waals surface area (Å²) in [5.41, 5.74) is 8.06. The molecule has 1 atom stereocenters. The molecule has 0 bridgehead atoms. The van der Waals surface area contributed by atoms with E-state index in [0.717, 1.165) is 15.6 Å². The zero-order valence-electron chi connectivity index (χ0n) is 15.9. The van der Waals surface area contributed by atoms with Crippen LogP contribution in [0.4, 0.5) is 0 Å². The monoisotopic (exact) mass is 452 g/mol. The average molecular weight is 453 g/mol. The summed E-state index contributed by atoms with van der Waals surface area (Å²) in [6.45, 7) is 2.15. The highest BCUT2D eigenvalue weighted by atomic mass is 79.9. The van der Waals surface area contributed by atoms with Crippen molar-refractivity contribution < 1.29 is 14.3 Å². The minimum atomic E-state index is -0.546. The minimum absolute atomic E-state index is 0.137. The standard InChI is InChI=1S/C23H21BrN2O3/c1-15(17-7-5-9-19(24)13-17)26-23(28)18-8-4-6-16(12-18)14-29-21-11-3-2-10-20(21)22(25)27/h2-13,15H,14H2,1H3,(H2,25,27)(H,26,28). The van der Waals surface area contributed by atoms with Crippen LogP contribution in [0.2, 0.25) is 0 Å². The Morgan fingerprint density at radius 1 is 1.03 bits per heavy atom. The Hall–Kier alpha value is -3.12. The number of para-hydroxylation sites is 1. The SMILES string of the molecule is CC(NC(=O)c1cccc(COc2ccccc2C(N)=O)c1)c1cccc(Br)c1. The normalized spacial score (nSPS) is 11.5. The third kappa shape index (κ3) is 5.45. The van der Waals surface area contributed by atoms with E-state index in [1.54, 1.807) is 42.5 Å². The summed E-state index contributed by atoms with van der Waals surface area (Å²) in [5.74, 6) is -0.301. The number of ether oxygens (including phenoxy) is 1. The number of rotatable bonds is 7. The molecule has 0 saturated carbocycles. The van der Waals surface area contributed by atoms with Gasteiger partial charge < -0.3 is 15.8 Å². The number of nitrogens with one attached hydrogen (secondary N) is 1. The van der Waals surface area contributed by atoms with Gasteiger partial charge in [0.15, 0.2) is 0 Å². The molecule has 0 radical (unpaired) electrons. The van der Waals surface area contributed by atoms with E-state index in [9.17, 15) is 9.59 Å². The van der Waals surface area contributed by atoms with E-state index >= 15 is 0 Å². The second kappa shape index (κ2) is 9.39. The summed E-state index contributed by atoms with van der Waals surface area (Å²) in [7, 11) is 0. The number of halogens is 1. The largest absolute Gasteiger partial charge is 0.488 e. The first kappa shape index (κ1) is 20.6. The number of hydrogen-bond donors (Lipinski definition) is 2. The molecule has 148 valence electrons. The Labute approximate surface area is 178 Å². The molecule has 0 fully saturated rings. The third-order valence-corrected chi connectivity index (χ3v) is 4.93. The summed E-state index contributed by atoms with van der Waals surface area (Å²) in [6.07, 6.45) is 0. The topological polar surface area (TPSA) is 81.4 Å². The predicted octanol–water partition coefficient (Wildman–Crippen LogP) is 4.62. The second-order valence-corrected chi connectivity index (χ2v) is 7.52. The van der Waals surface area contributed by atoms with Gasteiger partial charge in [-0.2, -0.15) is 0 Å². The van der Waals surface area contributed by atoms with E-state index in [2.05, 4.69) is 21.2 Å². The fraction of sp³-hybridized carbons (Fsp3) is 0.130. The molecule has 29 heavy (non-hydrogen) atoms. The summed E-state index contributed by atoms with van der Waals surface area (Å²) >= 11 is 3.45. The minimum Gasteiger partial charge on any atom is -0.488 e. The van der Waals surface area contributed by atoms with E-state index < -0.39 is 5.91 Å². The van der Waals surface area contributed by atoms with Crippen molar-refractivity contribution in [2.75, 3.05) is 0 Å². The van der Waals surface area contributed by atoms with Crippen LogP contribution < -0.4 is 15.8 Å². The van der Waals surface area contributed by atoms with Crippen molar-refractivity contribution in [3.8, 4) is 5.75 Å². The quantitative estimate of drug-likeness (QED) is 0.548. The molecule has 0 aliphatic heterocycles. The van der Waals surface area contributed by atoms with Crippen molar-refractivity contribution >= 4 is 27.7 Å². The van der Waals surface area contributed by atoms with Gasteiger partial charge in [-0.1, -0.05) is 52.3 Å². The Bertz CT molecular complexity index is 1040. The van der Waals surface area contributed by atoms with Crippen LogP contribution in [0.3, 0.4) is 0 Å². The first-order chi connectivity index (χ1) is 13.9. The molecule has 2 amide bonds. The van der Waals surface area contributed by atoms with Crippen LogP contribution in [-0.2, 0) is 6.61 Å². The van der Waals surface area contributed by atoms with Crippen LogP contribution in [0.15, 0.2) is 77.3 Å². The molecule has 0 aromatic heterocycles. The number of benzene rings is 3. The van der Waals surface area contributed by atoms with Crippen molar-refractivity contribution in [3.63, 3.8) is 0 Å². The average Bonchev–Trinajstić information content (AvgIpc) is 2.72. The van der Waals surface area contributed by atoms with Crippen LogP contribution in [0, 0.1) is 0 Å². The predicted molar refractivity (Wildman–Crippen MR) is 116 cm³/mol. The molecule has 0 heterocycles. The molecule has 3 N–H and O–H groups in total. The highest BCUT2D eigenvalue weighted by Crippen LogP contribution is 2.20. The summed E-state index contributed by atoms with van der Waals surface area (Å²) in [4.78, 5) is 24.2. The van der Waals surface area contributed by atoms with Gasteiger partial charge in [-0.25, -0.2) is 0 Å². The fourth-order valence-corrected chi connectivity index (χ4v) is 3.32. The number of carbonyl (C=O) groups excluding carboxylic acids is 2. The Balaban J connectivity index is 1.68. The van der Waals surface area contributed by atoms with Gasteiger partial charge in [0.05, 0.1) is 11.6 Å². The van der Waals surface area contributed by atoms with Crippen LogP contribution in [0.25, 0.3) is 0 Å². The maximum atomic E-state index is 12.7. The molecule has 3 aromatic rings. The van der Waals surface area contributed by atoms with Crippen LogP contribution in [-0.4, -0.2) is 11.8 Å². The Kier molecular flexibility index (Phi) is 6.67. The molecular weight excluding hydrogens is 432 g/mol.